The van der Waals surface area contributed by atoms with E-state index < -0.39 is 18.5 Å². The molecule has 1 heterocycles. The number of halogens is 2. The predicted molar refractivity (Wildman–Crippen MR) is 58.6 cm³/mol. The van der Waals surface area contributed by atoms with E-state index in [-0.39, 0.29) is 30.7 Å². The molecule has 1 unspecified atom stereocenters. The van der Waals surface area contributed by atoms with E-state index in [1.54, 1.807) is 13.8 Å². The summed E-state index contributed by atoms with van der Waals surface area (Å²) in [5.41, 5.74) is 0. The van der Waals surface area contributed by atoms with Gasteiger partial charge in [0, 0.05) is 19.4 Å². The molecule has 1 atom stereocenters. The second-order valence-electron chi connectivity index (χ2n) is 4.71. The minimum atomic E-state index is -3.06. The van der Waals surface area contributed by atoms with Crippen molar-refractivity contribution in [1.82, 2.24) is 10.2 Å². The molecular weight excluding hydrogens is 230 g/mol. The van der Waals surface area contributed by atoms with Gasteiger partial charge in [-0.2, -0.15) is 0 Å². The molecule has 0 aliphatic carbocycles. The molecule has 0 aromatic rings. The molecule has 1 saturated heterocycles. The monoisotopic (exact) mass is 248 g/mol. The molecule has 0 spiro atoms. The van der Waals surface area contributed by atoms with E-state index in [9.17, 15) is 18.4 Å². The van der Waals surface area contributed by atoms with Gasteiger partial charge in [-0.05, 0) is 6.42 Å². The summed E-state index contributed by atoms with van der Waals surface area (Å²) in [7, 11) is 0. The van der Waals surface area contributed by atoms with Crippen LogP contribution in [0.25, 0.3) is 0 Å². The van der Waals surface area contributed by atoms with Gasteiger partial charge in [0.2, 0.25) is 11.8 Å². The minimum absolute atomic E-state index is 0.0883. The second kappa shape index (κ2) is 4.98. The summed E-state index contributed by atoms with van der Waals surface area (Å²) in [5.74, 6) is -4.13. The van der Waals surface area contributed by atoms with Gasteiger partial charge in [0.05, 0.1) is 12.6 Å². The Bertz CT molecular complexity index is 319. The van der Waals surface area contributed by atoms with Crippen LogP contribution in [-0.2, 0) is 9.59 Å². The largest absolute Gasteiger partial charge is 0.347 e. The smallest absolute Gasteiger partial charge is 0.285 e. The van der Waals surface area contributed by atoms with Gasteiger partial charge in [0.15, 0.2) is 0 Å². The van der Waals surface area contributed by atoms with E-state index >= 15 is 0 Å². The highest BCUT2D eigenvalue weighted by Gasteiger charge is 2.46. The van der Waals surface area contributed by atoms with Crippen LogP contribution >= 0.6 is 0 Å². The highest BCUT2D eigenvalue weighted by Crippen LogP contribution is 2.27. The lowest BCUT2D eigenvalue weighted by Crippen LogP contribution is -2.59. The fourth-order valence-electron chi connectivity index (χ4n) is 1.72. The maximum atomic E-state index is 13.7. The van der Waals surface area contributed by atoms with Crippen LogP contribution in [0.3, 0.4) is 0 Å². The highest BCUT2D eigenvalue weighted by molar-refractivity contribution is 5.78. The van der Waals surface area contributed by atoms with Crippen LogP contribution in [0.4, 0.5) is 8.78 Å². The Morgan fingerprint density at radius 3 is 2.41 bits per heavy atom. The van der Waals surface area contributed by atoms with Crippen molar-refractivity contribution in [3.05, 3.63) is 0 Å². The Morgan fingerprint density at radius 1 is 1.41 bits per heavy atom. The van der Waals surface area contributed by atoms with Gasteiger partial charge in [-0.1, -0.05) is 13.8 Å². The summed E-state index contributed by atoms with van der Waals surface area (Å²) in [4.78, 5) is 23.5. The maximum absolute atomic E-state index is 13.7. The molecule has 1 fully saturated rings. The van der Waals surface area contributed by atoms with E-state index in [0.29, 0.717) is 0 Å². The van der Waals surface area contributed by atoms with Gasteiger partial charge in [0.25, 0.3) is 5.92 Å². The van der Waals surface area contributed by atoms with Crippen molar-refractivity contribution in [2.45, 2.75) is 39.2 Å². The molecule has 6 heteroatoms. The van der Waals surface area contributed by atoms with Crippen molar-refractivity contribution < 1.29 is 18.4 Å². The number of likely N-dealkylation sites (tertiary alicyclic amines) is 1. The molecule has 1 N–H and O–H groups in total. The molecule has 98 valence electrons. The molecule has 1 rings (SSSR count). The molecule has 0 aromatic carbocycles. The lowest BCUT2D eigenvalue weighted by molar-refractivity contribution is -0.146. The van der Waals surface area contributed by atoms with Gasteiger partial charge < -0.3 is 10.2 Å². The number of hydrogen-bond acceptors (Lipinski definition) is 2. The van der Waals surface area contributed by atoms with Crippen LogP contribution < -0.4 is 5.32 Å². The van der Waals surface area contributed by atoms with Crippen LogP contribution in [0.1, 0.15) is 27.2 Å². The Morgan fingerprint density at radius 2 is 2.00 bits per heavy atom. The van der Waals surface area contributed by atoms with Crippen molar-refractivity contribution in [3.8, 4) is 0 Å². The number of hydrogen-bond donors (Lipinski definition) is 1. The third-order valence-electron chi connectivity index (χ3n) is 2.89. The first-order chi connectivity index (χ1) is 7.74. The average molecular weight is 248 g/mol. The number of alkyl halides is 2. The molecule has 2 amide bonds. The number of carbonyl (C=O) groups is 2. The van der Waals surface area contributed by atoms with Gasteiger partial charge in [-0.15, -0.1) is 0 Å². The molecular formula is C11H18F2N2O2. The molecule has 0 radical (unpaired) electrons. The van der Waals surface area contributed by atoms with Gasteiger partial charge in [0.1, 0.15) is 0 Å². The third-order valence-corrected chi connectivity index (χ3v) is 2.89. The van der Waals surface area contributed by atoms with E-state index in [1.165, 1.54) is 6.92 Å². The topological polar surface area (TPSA) is 49.4 Å². The molecule has 1 aliphatic heterocycles. The summed E-state index contributed by atoms with van der Waals surface area (Å²) in [6, 6.07) is -1.17. The fourth-order valence-corrected chi connectivity index (χ4v) is 1.72. The summed E-state index contributed by atoms with van der Waals surface area (Å²) >= 11 is 0. The Balaban J connectivity index is 2.65. The Labute approximate surface area is 99.3 Å². The van der Waals surface area contributed by atoms with Crippen LogP contribution in [-0.4, -0.2) is 41.8 Å². The van der Waals surface area contributed by atoms with E-state index in [0.717, 1.165) is 4.90 Å². The van der Waals surface area contributed by atoms with Crippen LogP contribution in [0, 0.1) is 5.92 Å². The first-order valence-corrected chi connectivity index (χ1v) is 5.67. The normalized spacial score (nSPS) is 23.6. The lowest BCUT2D eigenvalue weighted by atomic mass is 10.00. The zero-order valence-corrected chi connectivity index (χ0v) is 10.3. The molecule has 0 saturated carbocycles. The highest BCUT2D eigenvalue weighted by atomic mass is 19.3. The number of piperidine rings is 1. The summed E-state index contributed by atoms with van der Waals surface area (Å²) in [6.45, 7) is 4.21. The molecule has 17 heavy (non-hydrogen) atoms. The van der Waals surface area contributed by atoms with Crippen molar-refractivity contribution in [2.75, 3.05) is 13.1 Å². The van der Waals surface area contributed by atoms with E-state index in [2.05, 4.69) is 5.32 Å². The number of nitrogens with one attached hydrogen (secondary N) is 1. The van der Waals surface area contributed by atoms with Crippen molar-refractivity contribution >= 4 is 11.8 Å². The summed E-state index contributed by atoms with van der Waals surface area (Å²) < 4.78 is 27.4. The van der Waals surface area contributed by atoms with Gasteiger partial charge in [-0.3, -0.25) is 9.59 Å². The predicted octanol–water partition coefficient (Wildman–Crippen LogP) is 1.01. The zero-order chi connectivity index (χ0) is 13.2. The first-order valence-electron chi connectivity index (χ1n) is 5.67. The number of amides is 2. The standard InChI is InChI=1S/C11H18F2N2O2/c1-7(2)10(17)14-9-4-5-15(8(3)16)6-11(9,12)13/h7,9H,4-6H2,1-3H3,(H,14,17). The van der Waals surface area contributed by atoms with Crippen LogP contribution in [0.15, 0.2) is 0 Å². The Kier molecular flexibility index (Phi) is 4.06. The fraction of sp³-hybridized carbons (Fsp3) is 0.818. The Hall–Kier alpha value is -1.20. The quantitative estimate of drug-likeness (QED) is 0.793. The average Bonchev–Trinajstić information content (AvgIpc) is 2.19. The third kappa shape index (κ3) is 3.38. The summed E-state index contributed by atoms with van der Waals surface area (Å²) in [6.07, 6.45) is 0.0883. The number of nitrogens with zero attached hydrogens (tertiary/aromatic N) is 1. The maximum Gasteiger partial charge on any atom is 0.285 e. The summed E-state index contributed by atoms with van der Waals surface area (Å²) in [5, 5.41) is 2.34. The van der Waals surface area contributed by atoms with Crippen molar-refractivity contribution in [2.24, 2.45) is 5.92 Å². The van der Waals surface area contributed by atoms with E-state index in [4.69, 9.17) is 0 Å². The molecule has 0 bridgehead atoms. The van der Waals surface area contributed by atoms with Gasteiger partial charge in [-0.25, -0.2) is 8.78 Å². The first kappa shape index (κ1) is 13.9. The lowest BCUT2D eigenvalue weighted by Gasteiger charge is -2.38. The molecule has 0 aromatic heterocycles. The van der Waals surface area contributed by atoms with Crippen molar-refractivity contribution in [1.29, 1.82) is 0 Å². The minimum Gasteiger partial charge on any atom is -0.347 e. The number of carbonyl (C=O) groups excluding carboxylic acids is 2. The number of rotatable bonds is 2. The molecule has 1 aliphatic rings. The van der Waals surface area contributed by atoms with Crippen molar-refractivity contribution in [3.63, 3.8) is 0 Å². The SMILES string of the molecule is CC(=O)N1CCC(NC(=O)C(C)C)C(F)(F)C1. The second-order valence-corrected chi connectivity index (χ2v) is 4.71. The zero-order valence-electron chi connectivity index (χ0n) is 10.3. The van der Waals surface area contributed by atoms with Crippen LogP contribution in [0.5, 0.6) is 0 Å². The van der Waals surface area contributed by atoms with Gasteiger partial charge >= 0.3 is 0 Å². The molecule has 4 nitrogen and oxygen atoms in total. The van der Waals surface area contributed by atoms with E-state index in [1.807, 2.05) is 0 Å². The van der Waals surface area contributed by atoms with Crippen LogP contribution in [0.2, 0.25) is 0 Å².